The molecule has 0 aliphatic heterocycles. The summed E-state index contributed by atoms with van der Waals surface area (Å²) >= 11 is 0. The van der Waals surface area contributed by atoms with Crippen LogP contribution in [0.15, 0.2) is 18.5 Å². The third-order valence-corrected chi connectivity index (χ3v) is 1.55. The maximum absolute atomic E-state index is 13.0. The highest BCUT2D eigenvalue weighted by molar-refractivity contribution is 5.16. The fourth-order valence-electron chi connectivity index (χ4n) is 0.794. The van der Waals surface area contributed by atoms with Crippen LogP contribution in [0.4, 0.5) is 8.78 Å². The second-order valence-corrected chi connectivity index (χ2v) is 2.51. The van der Waals surface area contributed by atoms with Crippen molar-refractivity contribution in [3.63, 3.8) is 0 Å². The van der Waals surface area contributed by atoms with E-state index in [4.69, 9.17) is 5.73 Å². The van der Waals surface area contributed by atoms with Crippen molar-refractivity contribution in [2.75, 3.05) is 0 Å². The summed E-state index contributed by atoms with van der Waals surface area (Å²) < 4.78 is 25.9. The van der Waals surface area contributed by atoms with Gasteiger partial charge < -0.3 is 10.7 Å². The molecule has 1 aromatic heterocycles. The summed E-state index contributed by atoms with van der Waals surface area (Å²) in [6.07, 6.45) is 2.70. The highest BCUT2D eigenvalue weighted by Crippen LogP contribution is 2.29. The lowest BCUT2D eigenvalue weighted by atomic mass is 10.1. The Bertz CT molecular complexity index is 216. The predicted octanol–water partition coefficient (Wildman–Crippen LogP) is 1.45. The van der Waals surface area contributed by atoms with Crippen LogP contribution in [0, 0.1) is 0 Å². The molecule has 62 valence electrons. The molecule has 4 heteroatoms. The Labute approximate surface area is 63.4 Å². The highest BCUT2D eigenvalue weighted by Gasteiger charge is 2.36. The second kappa shape index (κ2) is 2.62. The zero-order chi connectivity index (χ0) is 8.48. The molecule has 0 saturated carbocycles. The molecule has 1 atom stereocenters. The molecule has 0 spiro atoms. The van der Waals surface area contributed by atoms with Crippen LogP contribution in [0.25, 0.3) is 0 Å². The maximum atomic E-state index is 13.0. The molecule has 0 radical (unpaired) electrons. The molecule has 0 aliphatic carbocycles. The van der Waals surface area contributed by atoms with Gasteiger partial charge in [0.1, 0.15) is 0 Å². The number of halogens is 2. The summed E-state index contributed by atoms with van der Waals surface area (Å²) in [6, 6.07) is 0.168. The molecule has 0 aliphatic rings. The molecule has 0 saturated heterocycles. The van der Waals surface area contributed by atoms with Crippen LogP contribution in [0.1, 0.15) is 12.5 Å². The zero-order valence-corrected chi connectivity index (χ0v) is 6.14. The Hall–Kier alpha value is -0.900. The van der Waals surface area contributed by atoms with Gasteiger partial charge in [-0.25, -0.2) is 0 Å². The van der Waals surface area contributed by atoms with Crippen LogP contribution in [0.2, 0.25) is 0 Å². The van der Waals surface area contributed by atoms with Gasteiger partial charge in [0.05, 0.1) is 6.04 Å². The second-order valence-electron chi connectivity index (χ2n) is 2.51. The lowest BCUT2D eigenvalue weighted by Crippen LogP contribution is -2.35. The van der Waals surface area contributed by atoms with Gasteiger partial charge in [0, 0.05) is 18.0 Å². The average molecular weight is 160 g/mol. The topological polar surface area (TPSA) is 41.8 Å². The Morgan fingerprint density at radius 3 is 2.64 bits per heavy atom. The number of H-pyrrole nitrogens is 1. The van der Waals surface area contributed by atoms with E-state index in [0.29, 0.717) is 0 Å². The van der Waals surface area contributed by atoms with Crippen molar-refractivity contribution in [1.82, 2.24) is 4.98 Å². The summed E-state index contributed by atoms with van der Waals surface area (Å²) in [7, 11) is 0. The van der Waals surface area contributed by atoms with Gasteiger partial charge in [-0.15, -0.1) is 0 Å². The first-order chi connectivity index (χ1) is 5.05. The van der Waals surface area contributed by atoms with Gasteiger partial charge in [-0.05, 0) is 13.0 Å². The summed E-state index contributed by atoms with van der Waals surface area (Å²) in [5, 5.41) is 0. The number of hydrogen-bond donors (Lipinski definition) is 2. The van der Waals surface area contributed by atoms with Crippen molar-refractivity contribution in [1.29, 1.82) is 0 Å². The van der Waals surface area contributed by atoms with E-state index < -0.39 is 12.0 Å². The molecule has 11 heavy (non-hydrogen) atoms. The van der Waals surface area contributed by atoms with Gasteiger partial charge in [-0.1, -0.05) is 0 Å². The summed E-state index contributed by atoms with van der Waals surface area (Å²) in [5.41, 5.74) is 5.04. The fourth-order valence-corrected chi connectivity index (χ4v) is 0.794. The minimum Gasteiger partial charge on any atom is -0.367 e. The first kappa shape index (κ1) is 8.20. The number of nitrogens with one attached hydrogen (secondary N) is 1. The first-order valence-electron chi connectivity index (χ1n) is 3.32. The van der Waals surface area contributed by atoms with Crippen molar-refractivity contribution in [3.05, 3.63) is 24.0 Å². The van der Waals surface area contributed by atoms with E-state index in [-0.39, 0.29) is 5.56 Å². The third-order valence-electron chi connectivity index (χ3n) is 1.55. The van der Waals surface area contributed by atoms with Crippen LogP contribution in [-0.2, 0) is 5.92 Å². The summed E-state index contributed by atoms with van der Waals surface area (Å²) in [6.45, 7) is 1.28. The van der Waals surface area contributed by atoms with E-state index in [1.165, 1.54) is 25.4 Å². The minimum atomic E-state index is -2.93. The fraction of sp³-hybridized carbons (Fsp3) is 0.429. The number of rotatable bonds is 2. The predicted molar refractivity (Wildman–Crippen MR) is 38.3 cm³/mol. The van der Waals surface area contributed by atoms with E-state index in [2.05, 4.69) is 4.98 Å². The monoisotopic (exact) mass is 160 g/mol. The van der Waals surface area contributed by atoms with E-state index in [0.717, 1.165) is 0 Å². The smallest absolute Gasteiger partial charge is 0.289 e. The molecule has 1 rings (SSSR count). The van der Waals surface area contributed by atoms with E-state index >= 15 is 0 Å². The lowest BCUT2D eigenvalue weighted by molar-refractivity contribution is -0.0255. The molecule has 2 nitrogen and oxygen atoms in total. The van der Waals surface area contributed by atoms with E-state index in [1.54, 1.807) is 0 Å². The van der Waals surface area contributed by atoms with Crippen molar-refractivity contribution in [2.45, 2.75) is 18.9 Å². The zero-order valence-electron chi connectivity index (χ0n) is 6.14. The molecule has 0 bridgehead atoms. The van der Waals surface area contributed by atoms with E-state index in [9.17, 15) is 8.78 Å². The largest absolute Gasteiger partial charge is 0.367 e. The summed E-state index contributed by atoms with van der Waals surface area (Å²) in [5.74, 6) is -2.93. The Morgan fingerprint density at radius 2 is 2.27 bits per heavy atom. The number of hydrogen-bond acceptors (Lipinski definition) is 1. The normalized spacial score (nSPS) is 14.9. The van der Waals surface area contributed by atoms with Crippen LogP contribution in [0.5, 0.6) is 0 Å². The minimum absolute atomic E-state index is 0.0625. The molecular weight excluding hydrogens is 150 g/mol. The SMILES string of the molecule is CC(N)C(F)(F)c1cc[nH]c1. The maximum Gasteiger partial charge on any atom is 0.289 e. The molecule has 3 N–H and O–H groups in total. The van der Waals surface area contributed by atoms with Gasteiger partial charge >= 0.3 is 0 Å². The van der Waals surface area contributed by atoms with Gasteiger partial charge in [-0.3, -0.25) is 0 Å². The van der Waals surface area contributed by atoms with Crippen molar-refractivity contribution in [3.8, 4) is 0 Å². The number of aromatic nitrogens is 1. The molecule has 0 aromatic carbocycles. The molecule has 1 unspecified atom stereocenters. The highest BCUT2D eigenvalue weighted by atomic mass is 19.3. The summed E-state index contributed by atoms with van der Waals surface area (Å²) in [4.78, 5) is 2.56. The van der Waals surface area contributed by atoms with Crippen molar-refractivity contribution in [2.24, 2.45) is 5.73 Å². The van der Waals surface area contributed by atoms with Gasteiger partial charge in [0.15, 0.2) is 0 Å². The van der Waals surface area contributed by atoms with E-state index in [1.807, 2.05) is 0 Å². The van der Waals surface area contributed by atoms with Crippen LogP contribution < -0.4 is 5.73 Å². The van der Waals surface area contributed by atoms with Crippen LogP contribution in [0.3, 0.4) is 0 Å². The van der Waals surface area contributed by atoms with Gasteiger partial charge in [0.25, 0.3) is 5.92 Å². The molecule has 1 heterocycles. The molecule has 1 aromatic rings. The Morgan fingerprint density at radius 1 is 1.64 bits per heavy atom. The molecule has 0 amide bonds. The van der Waals surface area contributed by atoms with Crippen LogP contribution in [-0.4, -0.2) is 11.0 Å². The van der Waals surface area contributed by atoms with Crippen molar-refractivity contribution >= 4 is 0 Å². The number of alkyl halides is 2. The standard InChI is InChI=1S/C7H10F2N2/c1-5(10)7(8,9)6-2-3-11-4-6/h2-5,11H,10H2,1H3. The van der Waals surface area contributed by atoms with Crippen LogP contribution >= 0.6 is 0 Å². The molecular formula is C7H10F2N2. The number of aromatic amines is 1. The van der Waals surface area contributed by atoms with Crippen molar-refractivity contribution < 1.29 is 8.78 Å². The Balaban J connectivity index is 2.90. The third kappa shape index (κ3) is 1.40. The lowest BCUT2D eigenvalue weighted by Gasteiger charge is -2.18. The Kier molecular flexibility index (Phi) is 1.95. The van der Waals surface area contributed by atoms with Gasteiger partial charge in [-0.2, -0.15) is 8.78 Å². The first-order valence-corrected chi connectivity index (χ1v) is 3.32. The van der Waals surface area contributed by atoms with Gasteiger partial charge in [0.2, 0.25) is 0 Å². The average Bonchev–Trinajstić information content (AvgIpc) is 2.37. The number of nitrogens with two attached hydrogens (primary N) is 1. The molecule has 0 fully saturated rings. The quantitative estimate of drug-likeness (QED) is 0.675.